The molecule has 0 unspecified atom stereocenters. The van der Waals surface area contributed by atoms with Crippen LogP contribution in [0.25, 0.3) is 5.69 Å². The highest BCUT2D eigenvalue weighted by molar-refractivity contribution is 7.14. The zero-order valence-electron chi connectivity index (χ0n) is 16.5. The fourth-order valence-electron chi connectivity index (χ4n) is 3.41. The van der Waals surface area contributed by atoms with Crippen molar-refractivity contribution < 1.29 is 4.79 Å². The number of piperazine rings is 1. The Labute approximate surface area is 187 Å². The number of thiophene rings is 1. The summed E-state index contributed by atoms with van der Waals surface area (Å²) < 4.78 is 1.28. The van der Waals surface area contributed by atoms with Crippen molar-refractivity contribution in [1.82, 2.24) is 14.7 Å². The van der Waals surface area contributed by atoms with Crippen LogP contribution in [0.5, 0.6) is 0 Å². The predicted octanol–water partition coefficient (Wildman–Crippen LogP) is 2.58. The Bertz CT molecular complexity index is 1180. The van der Waals surface area contributed by atoms with Crippen LogP contribution >= 0.6 is 22.9 Å². The van der Waals surface area contributed by atoms with Crippen LogP contribution in [0.2, 0.25) is 5.02 Å². The molecule has 31 heavy (non-hydrogen) atoms. The lowest BCUT2D eigenvalue weighted by atomic mass is 10.2. The third kappa shape index (κ3) is 4.61. The lowest BCUT2D eigenvalue weighted by Crippen LogP contribution is -2.49. The SMILES string of the molecule is N#Cc1ccsc1NC(=O)CN1CCN(c2cnn(-c3ccccc3)c(=O)c2Cl)CC1. The minimum Gasteiger partial charge on any atom is -0.366 e. The van der Waals surface area contributed by atoms with E-state index >= 15 is 0 Å². The maximum atomic E-state index is 12.7. The smallest absolute Gasteiger partial charge is 0.292 e. The highest BCUT2D eigenvalue weighted by Crippen LogP contribution is 2.24. The first-order valence-electron chi connectivity index (χ1n) is 9.65. The molecule has 4 rings (SSSR count). The molecule has 1 aromatic carbocycles. The molecule has 3 aromatic rings. The highest BCUT2D eigenvalue weighted by atomic mass is 35.5. The summed E-state index contributed by atoms with van der Waals surface area (Å²) in [6, 6.07) is 12.9. The average molecular weight is 455 g/mol. The third-order valence-corrected chi connectivity index (χ3v) is 6.21. The Morgan fingerprint density at radius 1 is 1.19 bits per heavy atom. The van der Waals surface area contributed by atoms with E-state index in [1.54, 1.807) is 29.8 Å². The fraction of sp³-hybridized carbons (Fsp3) is 0.238. The topological polar surface area (TPSA) is 94.3 Å². The predicted molar refractivity (Wildman–Crippen MR) is 121 cm³/mol. The summed E-state index contributed by atoms with van der Waals surface area (Å²) in [6.45, 7) is 2.75. The van der Waals surface area contributed by atoms with Gasteiger partial charge >= 0.3 is 0 Å². The number of benzene rings is 1. The van der Waals surface area contributed by atoms with Gasteiger partial charge in [0.25, 0.3) is 5.56 Å². The molecule has 0 atom stereocenters. The van der Waals surface area contributed by atoms with Crippen molar-refractivity contribution in [2.75, 3.05) is 42.9 Å². The quantitative estimate of drug-likeness (QED) is 0.636. The number of nitrogens with zero attached hydrogens (tertiary/aromatic N) is 5. The molecule has 2 aromatic heterocycles. The molecule has 3 heterocycles. The number of halogens is 1. The van der Waals surface area contributed by atoms with E-state index in [1.165, 1.54) is 16.0 Å². The van der Waals surface area contributed by atoms with Crippen molar-refractivity contribution in [2.24, 2.45) is 0 Å². The normalized spacial score (nSPS) is 14.3. The molecular weight excluding hydrogens is 436 g/mol. The van der Waals surface area contributed by atoms with E-state index in [4.69, 9.17) is 16.9 Å². The molecule has 0 spiro atoms. The average Bonchev–Trinajstić information content (AvgIpc) is 3.24. The summed E-state index contributed by atoms with van der Waals surface area (Å²) in [4.78, 5) is 29.1. The Balaban J connectivity index is 1.38. The van der Waals surface area contributed by atoms with Gasteiger partial charge < -0.3 is 10.2 Å². The van der Waals surface area contributed by atoms with Gasteiger partial charge in [-0.15, -0.1) is 11.3 Å². The number of hydrogen-bond acceptors (Lipinski definition) is 7. The van der Waals surface area contributed by atoms with E-state index in [2.05, 4.69) is 16.5 Å². The van der Waals surface area contributed by atoms with Gasteiger partial charge in [0.15, 0.2) is 0 Å². The summed E-state index contributed by atoms with van der Waals surface area (Å²) in [5.74, 6) is -0.155. The van der Waals surface area contributed by atoms with Crippen molar-refractivity contribution in [3.8, 4) is 11.8 Å². The van der Waals surface area contributed by atoms with Crippen LogP contribution in [-0.2, 0) is 4.79 Å². The first-order chi connectivity index (χ1) is 15.1. The molecule has 158 valence electrons. The first kappa shape index (κ1) is 21.1. The molecule has 0 bridgehead atoms. The molecule has 1 saturated heterocycles. The second-order valence-corrected chi connectivity index (χ2v) is 8.28. The number of nitriles is 1. The largest absolute Gasteiger partial charge is 0.366 e. The first-order valence-corrected chi connectivity index (χ1v) is 10.9. The van der Waals surface area contributed by atoms with E-state index in [0.29, 0.717) is 48.1 Å². The monoisotopic (exact) mass is 454 g/mol. The van der Waals surface area contributed by atoms with Gasteiger partial charge in [-0.3, -0.25) is 14.5 Å². The lowest BCUT2D eigenvalue weighted by molar-refractivity contribution is -0.117. The molecule has 10 heteroatoms. The maximum absolute atomic E-state index is 12.7. The minimum atomic E-state index is -0.364. The van der Waals surface area contributed by atoms with Crippen LogP contribution in [0.3, 0.4) is 0 Å². The van der Waals surface area contributed by atoms with E-state index in [0.717, 1.165) is 0 Å². The Kier molecular flexibility index (Phi) is 6.32. The second kappa shape index (κ2) is 9.31. The molecule has 1 N–H and O–H groups in total. The van der Waals surface area contributed by atoms with Gasteiger partial charge in [0.1, 0.15) is 16.1 Å². The summed E-state index contributed by atoms with van der Waals surface area (Å²) in [7, 11) is 0. The van der Waals surface area contributed by atoms with E-state index in [1.807, 2.05) is 28.0 Å². The van der Waals surface area contributed by atoms with Gasteiger partial charge in [-0.1, -0.05) is 29.8 Å². The molecule has 8 nitrogen and oxygen atoms in total. The van der Waals surface area contributed by atoms with Crippen molar-refractivity contribution in [3.05, 3.63) is 68.9 Å². The van der Waals surface area contributed by atoms with Crippen molar-refractivity contribution in [1.29, 1.82) is 5.26 Å². The number of anilines is 2. The lowest BCUT2D eigenvalue weighted by Gasteiger charge is -2.35. The number of aromatic nitrogens is 2. The van der Waals surface area contributed by atoms with Crippen LogP contribution < -0.4 is 15.8 Å². The van der Waals surface area contributed by atoms with Gasteiger partial charge in [0, 0.05) is 26.2 Å². The minimum absolute atomic E-state index is 0.131. The van der Waals surface area contributed by atoms with Gasteiger partial charge in [-0.05, 0) is 23.6 Å². The van der Waals surface area contributed by atoms with Gasteiger partial charge in [-0.2, -0.15) is 15.0 Å². The molecular formula is C21H19ClN6O2S. The standard InChI is InChI=1S/C21H19ClN6O2S/c22-19-17(13-24-28(21(19)30)16-4-2-1-3-5-16)27-9-7-26(8-10-27)14-18(29)25-20-15(12-23)6-11-31-20/h1-6,11,13H,7-10,14H2,(H,25,29). The molecule has 1 fully saturated rings. The molecule has 0 radical (unpaired) electrons. The van der Waals surface area contributed by atoms with Gasteiger partial charge in [0.2, 0.25) is 5.91 Å². The number of amides is 1. The zero-order chi connectivity index (χ0) is 21.8. The number of nitrogens with one attached hydrogen (secondary N) is 1. The summed E-state index contributed by atoms with van der Waals surface area (Å²) in [5.41, 5.74) is 1.36. The third-order valence-electron chi connectivity index (χ3n) is 5.02. The van der Waals surface area contributed by atoms with Crippen LogP contribution in [0.4, 0.5) is 10.7 Å². The number of carbonyl (C=O) groups excluding carboxylic acids is 1. The van der Waals surface area contributed by atoms with Crippen LogP contribution in [-0.4, -0.2) is 53.3 Å². The van der Waals surface area contributed by atoms with E-state index in [9.17, 15) is 9.59 Å². The second-order valence-electron chi connectivity index (χ2n) is 6.98. The number of carbonyl (C=O) groups is 1. The zero-order valence-corrected chi connectivity index (χ0v) is 18.1. The molecule has 0 aliphatic carbocycles. The number of para-hydroxylation sites is 1. The van der Waals surface area contributed by atoms with E-state index < -0.39 is 0 Å². The number of hydrogen-bond donors (Lipinski definition) is 1. The molecule has 1 aliphatic heterocycles. The Morgan fingerprint density at radius 3 is 2.65 bits per heavy atom. The van der Waals surface area contributed by atoms with Gasteiger partial charge in [-0.25, -0.2) is 0 Å². The Hall–Kier alpha value is -3.19. The van der Waals surface area contributed by atoms with Crippen LogP contribution in [0, 0.1) is 11.3 Å². The maximum Gasteiger partial charge on any atom is 0.292 e. The van der Waals surface area contributed by atoms with Gasteiger partial charge in [0.05, 0.1) is 29.7 Å². The Morgan fingerprint density at radius 2 is 1.94 bits per heavy atom. The van der Waals surface area contributed by atoms with E-state index in [-0.39, 0.29) is 23.0 Å². The fourth-order valence-corrected chi connectivity index (χ4v) is 4.41. The van der Waals surface area contributed by atoms with Crippen molar-refractivity contribution in [3.63, 3.8) is 0 Å². The highest BCUT2D eigenvalue weighted by Gasteiger charge is 2.23. The summed E-state index contributed by atoms with van der Waals surface area (Å²) in [5, 5.41) is 18.6. The molecule has 1 aliphatic rings. The molecule has 0 saturated carbocycles. The van der Waals surface area contributed by atoms with Crippen LogP contribution in [0.15, 0.2) is 52.8 Å². The number of rotatable bonds is 5. The van der Waals surface area contributed by atoms with Crippen LogP contribution in [0.1, 0.15) is 5.56 Å². The summed E-state index contributed by atoms with van der Waals surface area (Å²) in [6.07, 6.45) is 1.61. The molecule has 1 amide bonds. The van der Waals surface area contributed by atoms with Crippen molar-refractivity contribution >= 4 is 39.5 Å². The summed E-state index contributed by atoms with van der Waals surface area (Å²) >= 11 is 7.72. The van der Waals surface area contributed by atoms with Crippen molar-refractivity contribution in [2.45, 2.75) is 0 Å².